The fourth-order valence-corrected chi connectivity index (χ4v) is 4.42. The number of anilines is 1. The predicted molar refractivity (Wildman–Crippen MR) is 145 cm³/mol. The van der Waals surface area contributed by atoms with Crippen LogP contribution < -0.4 is 20.1 Å². The van der Waals surface area contributed by atoms with Crippen LogP contribution in [-0.2, 0) is 0 Å². The second-order valence-corrected chi connectivity index (χ2v) is 9.50. The molecule has 0 fully saturated rings. The Balaban J connectivity index is 1.26. The van der Waals surface area contributed by atoms with Crippen molar-refractivity contribution in [1.29, 1.82) is 0 Å². The summed E-state index contributed by atoms with van der Waals surface area (Å²) < 4.78 is 11.9. The van der Waals surface area contributed by atoms with Crippen LogP contribution in [0.15, 0.2) is 66.7 Å². The van der Waals surface area contributed by atoms with Crippen LogP contribution in [0.25, 0.3) is 0 Å². The first-order chi connectivity index (χ1) is 17.0. The van der Waals surface area contributed by atoms with Gasteiger partial charge in [0.1, 0.15) is 11.5 Å². The van der Waals surface area contributed by atoms with E-state index in [9.17, 15) is 4.79 Å². The summed E-state index contributed by atoms with van der Waals surface area (Å²) in [6.07, 6.45) is 2.83. The zero-order valence-corrected chi connectivity index (χ0v) is 21.4. The van der Waals surface area contributed by atoms with E-state index in [1.54, 1.807) is 24.3 Å². The first kappa shape index (κ1) is 25.3. The lowest BCUT2D eigenvalue weighted by Gasteiger charge is -2.17. The van der Waals surface area contributed by atoms with E-state index in [0.717, 1.165) is 42.0 Å². The van der Waals surface area contributed by atoms with Gasteiger partial charge >= 0.3 is 0 Å². The van der Waals surface area contributed by atoms with E-state index in [2.05, 4.69) is 10.6 Å². The molecular formula is C27H26Cl2N2O3S. The zero-order valence-electron chi connectivity index (χ0n) is 19.1. The highest BCUT2D eigenvalue weighted by Gasteiger charge is 2.30. The molecule has 0 saturated carbocycles. The van der Waals surface area contributed by atoms with E-state index in [1.165, 1.54) is 0 Å². The maximum Gasteiger partial charge on any atom is 0.256 e. The van der Waals surface area contributed by atoms with Gasteiger partial charge in [0.2, 0.25) is 0 Å². The lowest BCUT2D eigenvalue weighted by Crippen LogP contribution is -2.34. The largest absolute Gasteiger partial charge is 0.494 e. The minimum absolute atomic E-state index is 0.153. The molecule has 8 heteroatoms. The zero-order chi connectivity index (χ0) is 24.6. The average Bonchev–Trinajstić information content (AvgIpc) is 3.30. The molecule has 0 saturated heterocycles. The van der Waals surface area contributed by atoms with E-state index in [0.29, 0.717) is 40.4 Å². The van der Waals surface area contributed by atoms with Gasteiger partial charge in [-0.1, -0.05) is 41.5 Å². The number of fused-ring (bicyclic) bond motifs is 1. The predicted octanol–water partition coefficient (Wildman–Crippen LogP) is 6.89. The van der Waals surface area contributed by atoms with Gasteiger partial charge in [-0.25, -0.2) is 0 Å². The smallest absolute Gasteiger partial charge is 0.256 e. The molecule has 1 heterocycles. The highest BCUT2D eigenvalue weighted by atomic mass is 35.5. The van der Waals surface area contributed by atoms with Gasteiger partial charge in [0.25, 0.3) is 5.91 Å². The summed E-state index contributed by atoms with van der Waals surface area (Å²) in [5.41, 5.74) is 2.47. The molecule has 0 spiro atoms. The van der Waals surface area contributed by atoms with E-state index in [-0.39, 0.29) is 11.8 Å². The Morgan fingerprint density at radius 2 is 1.57 bits per heavy atom. The molecule has 0 aromatic heterocycles. The van der Waals surface area contributed by atoms with Crippen molar-refractivity contribution in [3.63, 3.8) is 0 Å². The SMILES string of the molecule is O=C(NC(=S)C1CNc2cccc(OCCCCCOc3ccc(Cl)cc3)c21)c1ccc(Cl)cc1. The molecule has 1 atom stereocenters. The summed E-state index contributed by atoms with van der Waals surface area (Å²) in [7, 11) is 0. The highest BCUT2D eigenvalue weighted by molar-refractivity contribution is 7.80. The number of carbonyl (C=O) groups is 1. The number of hydrogen-bond donors (Lipinski definition) is 2. The number of amides is 1. The molecule has 3 aromatic carbocycles. The first-order valence-corrected chi connectivity index (χ1v) is 12.7. The number of unbranched alkanes of at least 4 members (excludes halogenated alkanes) is 2. The van der Waals surface area contributed by atoms with Crippen molar-refractivity contribution in [2.24, 2.45) is 0 Å². The standard InChI is InChI=1S/C27H26Cl2N2O3S/c28-19-9-7-18(8-10-19)26(32)31-27(35)22-17-30-23-5-4-6-24(25(22)23)34-16-3-1-2-15-33-21-13-11-20(29)12-14-21/h4-14,22,30H,1-3,15-17H2,(H,31,32,35). The second-order valence-electron chi connectivity index (χ2n) is 8.19. The number of halogens is 2. The van der Waals surface area contributed by atoms with Crippen LogP contribution in [0.1, 0.15) is 41.1 Å². The number of benzene rings is 3. The fourth-order valence-electron chi connectivity index (χ4n) is 3.88. The molecule has 1 aliphatic heterocycles. The van der Waals surface area contributed by atoms with Crippen LogP contribution in [0.5, 0.6) is 11.5 Å². The summed E-state index contributed by atoms with van der Waals surface area (Å²) in [5.74, 6) is 1.21. The van der Waals surface area contributed by atoms with Crippen molar-refractivity contribution in [2.75, 3.05) is 25.1 Å². The molecule has 5 nitrogen and oxygen atoms in total. The monoisotopic (exact) mass is 528 g/mol. The molecule has 4 rings (SSSR count). The Hall–Kier alpha value is -2.80. The fraction of sp³-hybridized carbons (Fsp3) is 0.259. The van der Waals surface area contributed by atoms with Crippen molar-refractivity contribution in [3.8, 4) is 11.5 Å². The number of rotatable bonds is 10. The Labute approximate surface area is 220 Å². The molecule has 1 amide bonds. The Morgan fingerprint density at radius 3 is 2.29 bits per heavy atom. The van der Waals surface area contributed by atoms with Gasteiger partial charge in [-0.05, 0) is 79.9 Å². The maximum absolute atomic E-state index is 12.6. The molecule has 0 bridgehead atoms. The summed E-state index contributed by atoms with van der Waals surface area (Å²) in [6.45, 7) is 1.85. The molecule has 182 valence electrons. The highest BCUT2D eigenvalue weighted by Crippen LogP contribution is 2.39. The minimum atomic E-state index is -0.251. The van der Waals surface area contributed by atoms with Crippen LogP contribution >= 0.6 is 35.4 Å². The lowest BCUT2D eigenvalue weighted by molar-refractivity contribution is 0.0977. The number of hydrogen-bond acceptors (Lipinski definition) is 5. The number of nitrogens with one attached hydrogen (secondary N) is 2. The van der Waals surface area contributed by atoms with E-state index >= 15 is 0 Å². The molecule has 0 radical (unpaired) electrons. The first-order valence-electron chi connectivity index (χ1n) is 11.5. The van der Waals surface area contributed by atoms with Crippen molar-refractivity contribution >= 4 is 52.0 Å². The van der Waals surface area contributed by atoms with E-state index < -0.39 is 0 Å². The molecule has 1 aliphatic rings. The molecule has 35 heavy (non-hydrogen) atoms. The second kappa shape index (κ2) is 12.2. The summed E-state index contributed by atoms with van der Waals surface area (Å²) in [5, 5.41) is 7.51. The van der Waals surface area contributed by atoms with Crippen molar-refractivity contribution in [2.45, 2.75) is 25.2 Å². The third-order valence-electron chi connectivity index (χ3n) is 5.70. The summed E-state index contributed by atoms with van der Waals surface area (Å²) >= 11 is 17.4. The minimum Gasteiger partial charge on any atom is -0.494 e. The topological polar surface area (TPSA) is 59.6 Å². The third kappa shape index (κ3) is 6.88. The average molecular weight is 529 g/mol. The van der Waals surface area contributed by atoms with Gasteiger partial charge in [0.15, 0.2) is 0 Å². The van der Waals surface area contributed by atoms with E-state index in [1.807, 2.05) is 42.5 Å². The van der Waals surface area contributed by atoms with Crippen molar-refractivity contribution < 1.29 is 14.3 Å². The molecular weight excluding hydrogens is 503 g/mol. The van der Waals surface area contributed by atoms with Gasteiger partial charge < -0.3 is 20.1 Å². The van der Waals surface area contributed by atoms with Gasteiger partial charge in [-0.3, -0.25) is 4.79 Å². The van der Waals surface area contributed by atoms with Gasteiger partial charge in [-0.2, -0.15) is 0 Å². The Kier molecular flexibility index (Phi) is 8.85. The number of thiocarbonyl (C=S) groups is 1. The lowest BCUT2D eigenvalue weighted by atomic mass is 9.99. The van der Waals surface area contributed by atoms with Crippen LogP contribution in [0.2, 0.25) is 10.0 Å². The Bertz CT molecular complexity index is 1170. The summed E-state index contributed by atoms with van der Waals surface area (Å²) in [4.78, 5) is 13.1. The Morgan fingerprint density at radius 1 is 0.914 bits per heavy atom. The summed E-state index contributed by atoms with van der Waals surface area (Å²) in [6, 6.07) is 20.0. The van der Waals surface area contributed by atoms with Crippen LogP contribution in [-0.4, -0.2) is 30.7 Å². The number of carbonyl (C=O) groups excluding carboxylic acids is 1. The van der Waals surface area contributed by atoms with Gasteiger partial charge in [0, 0.05) is 33.4 Å². The van der Waals surface area contributed by atoms with Gasteiger partial charge in [0.05, 0.1) is 24.1 Å². The van der Waals surface area contributed by atoms with Crippen LogP contribution in [0.3, 0.4) is 0 Å². The molecule has 3 aromatic rings. The normalized spacial score (nSPS) is 14.1. The maximum atomic E-state index is 12.6. The number of ether oxygens (including phenoxy) is 2. The van der Waals surface area contributed by atoms with Crippen LogP contribution in [0.4, 0.5) is 5.69 Å². The molecule has 0 aliphatic carbocycles. The van der Waals surface area contributed by atoms with Crippen molar-refractivity contribution in [3.05, 3.63) is 87.9 Å². The molecule has 2 N–H and O–H groups in total. The van der Waals surface area contributed by atoms with Gasteiger partial charge in [-0.15, -0.1) is 0 Å². The quantitative estimate of drug-likeness (QED) is 0.221. The molecule has 1 unspecified atom stereocenters. The van der Waals surface area contributed by atoms with Crippen LogP contribution in [0, 0.1) is 0 Å². The van der Waals surface area contributed by atoms with E-state index in [4.69, 9.17) is 44.9 Å². The third-order valence-corrected chi connectivity index (χ3v) is 6.59. The van der Waals surface area contributed by atoms with Crippen molar-refractivity contribution in [1.82, 2.24) is 5.32 Å².